The zero-order chi connectivity index (χ0) is 5.19. The predicted molar refractivity (Wildman–Crippen MR) is 29.5 cm³/mol. The number of rotatable bonds is 0. The van der Waals surface area contributed by atoms with Crippen LogP contribution in [0.3, 0.4) is 0 Å². The average molecular weight is 110 g/mol. The maximum Gasteiger partial charge on any atom is 0.0947 e. The van der Waals surface area contributed by atoms with Crippen LogP contribution in [0.25, 0.3) is 0 Å². The molecule has 2 aliphatic carbocycles. The quantitative estimate of drug-likeness (QED) is 0.427. The molecule has 0 bridgehead atoms. The second-order valence-corrected chi connectivity index (χ2v) is 3.49. The van der Waals surface area contributed by atoms with Crippen molar-refractivity contribution in [1.82, 2.24) is 0 Å². The topological polar surface area (TPSA) is 12.5 Å². The van der Waals surface area contributed by atoms with Crippen LogP contribution >= 0.6 is 0 Å². The Morgan fingerprint density at radius 2 is 2.38 bits per heavy atom. The van der Waals surface area contributed by atoms with E-state index in [0.29, 0.717) is 5.60 Å². The van der Waals surface area contributed by atoms with Crippen molar-refractivity contribution in [2.45, 2.75) is 24.9 Å². The van der Waals surface area contributed by atoms with E-state index in [1.54, 1.807) is 0 Å². The molecule has 1 heterocycles. The monoisotopic (exact) mass is 110 g/mol. The standard InChI is InChI=1S/C7H10O/c1-2-7(4-8-7)6-3-5(1)6/h5-6H,1-4H2/t5-,6+,7?/m1/s1. The van der Waals surface area contributed by atoms with Crippen molar-refractivity contribution >= 4 is 0 Å². The molecule has 0 aromatic carbocycles. The largest absolute Gasteiger partial charge is 0.369 e. The summed E-state index contributed by atoms with van der Waals surface area (Å²) >= 11 is 0. The summed E-state index contributed by atoms with van der Waals surface area (Å²) in [5, 5.41) is 0. The highest BCUT2D eigenvalue weighted by atomic mass is 16.6. The Labute approximate surface area is 49.0 Å². The van der Waals surface area contributed by atoms with Crippen molar-refractivity contribution in [2.75, 3.05) is 6.61 Å². The zero-order valence-corrected chi connectivity index (χ0v) is 4.89. The van der Waals surface area contributed by atoms with Crippen LogP contribution < -0.4 is 0 Å². The van der Waals surface area contributed by atoms with Crippen molar-refractivity contribution in [1.29, 1.82) is 0 Å². The van der Waals surface area contributed by atoms with E-state index in [0.717, 1.165) is 18.4 Å². The molecule has 1 aliphatic heterocycles. The van der Waals surface area contributed by atoms with E-state index in [2.05, 4.69) is 0 Å². The molecule has 44 valence electrons. The molecule has 0 amide bonds. The summed E-state index contributed by atoms with van der Waals surface area (Å²) in [6.45, 7) is 1.09. The summed E-state index contributed by atoms with van der Waals surface area (Å²) in [6, 6.07) is 0. The van der Waals surface area contributed by atoms with Gasteiger partial charge < -0.3 is 4.74 Å². The minimum Gasteiger partial charge on any atom is -0.369 e. The number of epoxide rings is 1. The SMILES string of the molecule is C1CC2(CO2)[C@H]2C[C@@H]12. The molecule has 3 rings (SSSR count). The molecule has 3 fully saturated rings. The third-order valence-corrected chi connectivity index (χ3v) is 3.05. The number of ether oxygens (including phenoxy) is 1. The maximum atomic E-state index is 5.41. The Hall–Kier alpha value is -0.0400. The van der Waals surface area contributed by atoms with Crippen LogP contribution in [-0.2, 0) is 4.74 Å². The molecule has 0 N–H and O–H groups in total. The number of fused-ring (bicyclic) bond motifs is 2. The fourth-order valence-corrected chi connectivity index (χ4v) is 2.28. The lowest BCUT2D eigenvalue weighted by molar-refractivity contribution is 0.282. The fraction of sp³-hybridized carbons (Fsp3) is 1.00. The Morgan fingerprint density at radius 3 is 2.62 bits per heavy atom. The normalized spacial score (nSPS) is 66.0. The minimum atomic E-state index is 0.477. The Morgan fingerprint density at radius 1 is 1.50 bits per heavy atom. The summed E-state index contributed by atoms with van der Waals surface area (Å²) in [5.74, 6) is 2.11. The highest BCUT2D eigenvalue weighted by Gasteiger charge is 2.65. The molecular weight excluding hydrogens is 100 g/mol. The van der Waals surface area contributed by atoms with Crippen molar-refractivity contribution in [3.8, 4) is 0 Å². The third-order valence-electron chi connectivity index (χ3n) is 3.05. The molecule has 1 nitrogen and oxygen atoms in total. The smallest absolute Gasteiger partial charge is 0.0947 e. The predicted octanol–water partition coefficient (Wildman–Crippen LogP) is 1.19. The Balaban J connectivity index is 1.99. The first-order valence-corrected chi connectivity index (χ1v) is 3.55. The van der Waals surface area contributed by atoms with E-state index >= 15 is 0 Å². The molecule has 3 aliphatic rings. The molecule has 1 heteroatoms. The number of hydrogen-bond acceptors (Lipinski definition) is 1. The van der Waals surface area contributed by atoms with Gasteiger partial charge in [0.15, 0.2) is 0 Å². The molecule has 0 aromatic heterocycles. The lowest BCUT2D eigenvalue weighted by Crippen LogP contribution is -2.07. The van der Waals surface area contributed by atoms with Crippen LogP contribution in [0.2, 0.25) is 0 Å². The molecule has 1 spiro atoms. The van der Waals surface area contributed by atoms with Crippen molar-refractivity contribution in [3.05, 3.63) is 0 Å². The highest BCUT2D eigenvalue weighted by Crippen LogP contribution is 2.64. The second-order valence-electron chi connectivity index (χ2n) is 3.49. The molecule has 0 radical (unpaired) electrons. The first-order chi connectivity index (χ1) is 3.91. The fourth-order valence-electron chi connectivity index (χ4n) is 2.28. The van der Waals surface area contributed by atoms with Gasteiger partial charge in [0, 0.05) is 0 Å². The first kappa shape index (κ1) is 3.89. The van der Waals surface area contributed by atoms with E-state index in [4.69, 9.17) is 4.74 Å². The van der Waals surface area contributed by atoms with Gasteiger partial charge >= 0.3 is 0 Å². The molecular formula is C7H10O. The van der Waals surface area contributed by atoms with Crippen LogP contribution in [0.1, 0.15) is 19.3 Å². The minimum absolute atomic E-state index is 0.477. The molecule has 8 heavy (non-hydrogen) atoms. The van der Waals surface area contributed by atoms with Crippen LogP contribution in [0, 0.1) is 11.8 Å². The summed E-state index contributed by atoms with van der Waals surface area (Å²) in [4.78, 5) is 0. The molecule has 1 saturated heterocycles. The first-order valence-electron chi connectivity index (χ1n) is 3.55. The Bertz CT molecular complexity index is 137. The second kappa shape index (κ2) is 0.860. The lowest BCUT2D eigenvalue weighted by Gasteiger charge is -1.99. The maximum absolute atomic E-state index is 5.41. The van der Waals surface area contributed by atoms with Gasteiger partial charge in [0.25, 0.3) is 0 Å². The molecule has 3 atom stereocenters. The van der Waals surface area contributed by atoms with E-state index in [1.807, 2.05) is 0 Å². The summed E-state index contributed by atoms with van der Waals surface area (Å²) in [6.07, 6.45) is 4.33. The van der Waals surface area contributed by atoms with E-state index in [-0.39, 0.29) is 0 Å². The van der Waals surface area contributed by atoms with Gasteiger partial charge in [-0.1, -0.05) is 0 Å². The van der Waals surface area contributed by atoms with Crippen LogP contribution in [0.5, 0.6) is 0 Å². The van der Waals surface area contributed by atoms with Gasteiger partial charge in [-0.3, -0.25) is 0 Å². The van der Waals surface area contributed by atoms with Gasteiger partial charge in [0.05, 0.1) is 12.2 Å². The molecule has 1 unspecified atom stereocenters. The van der Waals surface area contributed by atoms with E-state index in [1.165, 1.54) is 19.3 Å². The van der Waals surface area contributed by atoms with Gasteiger partial charge in [-0.2, -0.15) is 0 Å². The van der Waals surface area contributed by atoms with Crippen LogP contribution in [0.15, 0.2) is 0 Å². The summed E-state index contributed by atoms with van der Waals surface area (Å²) in [7, 11) is 0. The van der Waals surface area contributed by atoms with Crippen LogP contribution in [0.4, 0.5) is 0 Å². The Kier molecular flexibility index (Phi) is 0.418. The van der Waals surface area contributed by atoms with Crippen molar-refractivity contribution < 1.29 is 4.74 Å². The lowest BCUT2D eigenvalue weighted by atomic mass is 10.1. The van der Waals surface area contributed by atoms with E-state index < -0.39 is 0 Å². The van der Waals surface area contributed by atoms with Gasteiger partial charge in [0.2, 0.25) is 0 Å². The average Bonchev–Trinajstić information content (AvgIpc) is 2.46. The van der Waals surface area contributed by atoms with Crippen molar-refractivity contribution in [2.24, 2.45) is 11.8 Å². The highest BCUT2D eigenvalue weighted by molar-refractivity contribution is 5.14. The molecule has 0 aromatic rings. The summed E-state index contributed by atoms with van der Waals surface area (Å²) < 4.78 is 5.41. The van der Waals surface area contributed by atoms with Crippen molar-refractivity contribution in [3.63, 3.8) is 0 Å². The van der Waals surface area contributed by atoms with Gasteiger partial charge in [-0.15, -0.1) is 0 Å². The third kappa shape index (κ3) is 0.278. The van der Waals surface area contributed by atoms with Crippen LogP contribution in [-0.4, -0.2) is 12.2 Å². The van der Waals surface area contributed by atoms with Gasteiger partial charge in [-0.05, 0) is 31.1 Å². The van der Waals surface area contributed by atoms with Gasteiger partial charge in [-0.25, -0.2) is 0 Å². The zero-order valence-electron chi connectivity index (χ0n) is 4.89. The van der Waals surface area contributed by atoms with Gasteiger partial charge in [0.1, 0.15) is 0 Å². The molecule has 2 saturated carbocycles. The summed E-state index contributed by atoms with van der Waals surface area (Å²) in [5.41, 5.74) is 0.477. The van der Waals surface area contributed by atoms with E-state index in [9.17, 15) is 0 Å². The number of hydrogen-bond donors (Lipinski definition) is 0.